The third kappa shape index (κ3) is 6.45. The lowest BCUT2D eigenvalue weighted by atomic mass is 9.79. The zero-order valence-electron chi connectivity index (χ0n) is 18.2. The summed E-state index contributed by atoms with van der Waals surface area (Å²) < 4.78 is 10.8. The third-order valence-electron chi connectivity index (χ3n) is 6.64. The quantitative estimate of drug-likeness (QED) is 0.673. The highest BCUT2D eigenvalue weighted by atomic mass is 16.5. The van der Waals surface area contributed by atoms with Crippen LogP contribution in [0.25, 0.3) is 0 Å². The maximum atomic E-state index is 12.9. The van der Waals surface area contributed by atoms with Crippen LogP contribution in [0.5, 0.6) is 5.75 Å². The molecular weight excluding hydrogens is 364 g/mol. The van der Waals surface area contributed by atoms with Crippen molar-refractivity contribution in [2.45, 2.75) is 57.9 Å². The van der Waals surface area contributed by atoms with Gasteiger partial charge in [0.15, 0.2) is 0 Å². The van der Waals surface area contributed by atoms with E-state index in [1.54, 1.807) is 7.11 Å². The number of hydrogen-bond donors (Lipinski definition) is 1. The molecule has 1 amide bonds. The Bertz CT molecular complexity index is 605. The second-order valence-corrected chi connectivity index (χ2v) is 8.54. The van der Waals surface area contributed by atoms with Crippen LogP contribution in [0.1, 0.15) is 63.5 Å². The predicted molar refractivity (Wildman–Crippen MR) is 116 cm³/mol. The van der Waals surface area contributed by atoms with Crippen LogP contribution < -0.4 is 10.1 Å². The van der Waals surface area contributed by atoms with E-state index in [9.17, 15) is 4.79 Å². The van der Waals surface area contributed by atoms with E-state index in [0.717, 1.165) is 50.8 Å². The molecule has 2 fully saturated rings. The number of ether oxygens (including phenoxy) is 2. The Morgan fingerprint density at radius 2 is 1.86 bits per heavy atom. The first kappa shape index (κ1) is 22.1. The molecule has 1 saturated heterocycles. The number of nitrogens with zero attached hydrogens (tertiary/aromatic N) is 1. The van der Waals surface area contributed by atoms with E-state index in [4.69, 9.17) is 9.47 Å². The topological polar surface area (TPSA) is 50.8 Å². The van der Waals surface area contributed by atoms with Gasteiger partial charge in [-0.15, -0.1) is 0 Å². The van der Waals surface area contributed by atoms with Crippen LogP contribution in [-0.2, 0) is 9.53 Å². The molecule has 1 aliphatic heterocycles. The van der Waals surface area contributed by atoms with Gasteiger partial charge in [0.1, 0.15) is 5.75 Å². The molecule has 1 aromatic rings. The Morgan fingerprint density at radius 1 is 1.17 bits per heavy atom. The fraction of sp³-hybridized carbons (Fsp3) is 0.708. The molecular formula is C24H38N2O3. The smallest absolute Gasteiger partial charge is 0.223 e. The summed E-state index contributed by atoms with van der Waals surface area (Å²) in [6.07, 6.45) is 8.45. The summed E-state index contributed by atoms with van der Waals surface area (Å²) in [5.74, 6) is 2.12. The van der Waals surface area contributed by atoms with Crippen LogP contribution in [0.15, 0.2) is 24.3 Å². The van der Waals surface area contributed by atoms with E-state index in [0.29, 0.717) is 6.54 Å². The van der Waals surface area contributed by atoms with Gasteiger partial charge in [0.25, 0.3) is 0 Å². The molecule has 1 N–H and O–H groups in total. The van der Waals surface area contributed by atoms with Crippen molar-refractivity contribution in [3.63, 3.8) is 0 Å². The Balaban J connectivity index is 1.55. The summed E-state index contributed by atoms with van der Waals surface area (Å²) in [4.78, 5) is 15.3. The van der Waals surface area contributed by atoms with Crippen molar-refractivity contribution >= 4 is 5.91 Å². The van der Waals surface area contributed by atoms with Crippen LogP contribution in [0.4, 0.5) is 0 Å². The Kier molecular flexibility index (Phi) is 8.81. The molecule has 0 spiro atoms. The van der Waals surface area contributed by atoms with E-state index in [2.05, 4.69) is 29.3 Å². The molecule has 1 atom stereocenters. The summed E-state index contributed by atoms with van der Waals surface area (Å²) in [6, 6.07) is 8.41. The number of unbranched alkanes of at least 4 members (excludes halogenated alkanes) is 1. The summed E-state index contributed by atoms with van der Waals surface area (Å²) in [6.45, 7) is 6.21. The lowest BCUT2D eigenvalue weighted by Gasteiger charge is -2.35. The van der Waals surface area contributed by atoms with E-state index < -0.39 is 0 Å². The van der Waals surface area contributed by atoms with E-state index >= 15 is 0 Å². The van der Waals surface area contributed by atoms with Crippen molar-refractivity contribution in [1.29, 1.82) is 0 Å². The van der Waals surface area contributed by atoms with Crippen molar-refractivity contribution in [1.82, 2.24) is 10.2 Å². The number of rotatable bonds is 9. The average Bonchev–Trinajstić information content (AvgIpc) is 2.79. The first-order chi connectivity index (χ1) is 14.2. The van der Waals surface area contributed by atoms with Crippen LogP contribution >= 0.6 is 0 Å². The van der Waals surface area contributed by atoms with Gasteiger partial charge in [0, 0.05) is 25.6 Å². The number of methoxy groups -OCH3 is 1. The summed E-state index contributed by atoms with van der Waals surface area (Å²) in [5, 5.41) is 3.28. The van der Waals surface area contributed by atoms with Crippen LogP contribution in [0, 0.1) is 11.8 Å². The molecule has 3 rings (SSSR count). The van der Waals surface area contributed by atoms with Gasteiger partial charge < -0.3 is 14.8 Å². The first-order valence-corrected chi connectivity index (χ1v) is 11.4. The van der Waals surface area contributed by atoms with Gasteiger partial charge in [0.05, 0.1) is 26.4 Å². The van der Waals surface area contributed by atoms with Gasteiger partial charge in [0.2, 0.25) is 5.91 Å². The lowest BCUT2D eigenvalue weighted by molar-refractivity contribution is -0.126. The summed E-state index contributed by atoms with van der Waals surface area (Å²) in [5.41, 5.74) is 1.22. The predicted octanol–water partition coefficient (Wildman–Crippen LogP) is 4.18. The standard InChI is InChI=1S/C24H38N2O3/c1-3-4-5-19-6-8-21(9-7-19)24(27)25-18-23(26-14-16-29-17-15-26)20-10-12-22(28-2)13-11-20/h10-13,19,21,23H,3-9,14-18H2,1-2H3,(H,25,27)/t19?,21?,23-/m1/s1. The second-order valence-electron chi connectivity index (χ2n) is 8.54. The van der Waals surface area contributed by atoms with E-state index in [-0.39, 0.29) is 17.9 Å². The molecule has 0 bridgehead atoms. The van der Waals surface area contributed by atoms with Crippen molar-refractivity contribution in [2.75, 3.05) is 40.0 Å². The van der Waals surface area contributed by atoms with Crippen molar-refractivity contribution in [2.24, 2.45) is 11.8 Å². The number of benzene rings is 1. The highest BCUT2D eigenvalue weighted by Crippen LogP contribution is 2.32. The number of amides is 1. The Hall–Kier alpha value is -1.59. The molecule has 0 aromatic heterocycles. The number of carbonyl (C=O) groups is 1. The fourth-order valence-electron chi connectivity index (χ4n) is 4.72. The monoisotopic (exact) mass is 402 g/mol. The molecule has 29 heavy (non-hydrogen) atoms. The zero-order valence-corrected chi connectivity index (χ0v) is 18.2. The molecule has 2 aliphatic rings. The largest absolute Gasteiger partial charge is 0.497 e. The molecule has 1 aromatic carbocycles. The maximum Gasteiger partial charge on any atom is 0.223 e. The zero-order chi connectivity index (χ0) is 20.5. The van der Waals surface area contributed by atoms with Crippen molar-refractivity contribution in [3.8, 4) is 5.75 Å². The van der Waals surface area contributed by atoms with Gasteiger partial charge in [-0.25, -0.2) is 0 Å². The minimum absolute atomic E-state index is 0.176. The highest BCUT2D eigenvalue weighted by molar-refractivity contribution is 5.78. The third-order valence-corrected chi connectivity index (χ3v) is 6.64. The molecule has 1 aliphatic carbocycles. The molecule has 5 heteroatoms. The first-order valence-electron chi connectivity index (χ1n) is 11.4. The summed E-state index contributed by atoms with van der Waals surface area (Å²) >= 11 is 0. The highest BCUT2D eigenvalue weighted by Gasteiger charge is 2.28. The molecule has 162 valence electrons. The lowest BCUT2D eigenvalue weighted by Crippen LogP contribution is -2.45. The molecule has 0 unspecified atom stereocenters. The summed E-state index contributed by atoms with van der Waals surface area (Å²) in [7, 11) is 1.69. The maximum absolute atomic E-state index is 12.9. The van der Waals surface area contributed by atoms with Crippen LogP contribution in [0.3, 0.4) is 0 Å². The number of nitrogens with one attached hydrogen (secondary N) is 1. The second kappa shape index (κ2) is 11.6. The Labute approximate surface area is 176 Å². The van der Waals surface area contributed by atoms with Gasteiger partial charge in [-0.05, 0) is 49.3 Å². The van der Waals surface area contributed by atoms with E-state index in [1.165, 1.54) is 37.7 Å². The minimum atomic E-state index is 0.176. The van der Waals surface area contributed by atoms with Gasteiger partial charge in [-0.3, -0.25) is 9.69 Å². The van der Waals surface area contributed by atoms with Gasteiger partial charge in [-0.2, -0.15) is 0 Å². The average molecular weight is 403 g/mol. The molecule has 1 saturated carbocycles. The molecule has 5 nitrogen and oxygen atoms in total. The van der Waals surface area contributed by atoms with Crippen LogP contribution in [-0.4, -0.2) is 50.8 Å². The number of carbonyl (C=O) groups excluding carboxylic acids is 1. The number of hydrogen-bond acceptors (Lipinski definition) is 4. The minimum Gasteiger partial charge on any atom is -0.497 e. The SMILES string of the molecule is CCCCC1CCC(C(=O)NC[C@H](c2ccc(OC)cc2)N2CCOCC2)CC1. The van der Waals surface area contributed by atoms with E-state index in [1.807, 2.05) is 12.1 Å². The van der Waals surface area contributed by atoms with Crippen LogP contribution in [0.2, 0.25) is 0 Å². The van der Waals surface area contributed by atoms with Gasteiger partial charge in [-0.1, -0.05) is 38.3 Å². The molecule has 1 heterocycles. The normalized spacial score (nSPS) is 24.1. The number of morpholine rings is 1. The van der Waals surface area contributed by atoms with Crippen molar-refractivity contribution in [3.05, 3.63) is 29.8 Å². The van der Waals surface area contributed by atoms with Gasteiger partial charge >= 0.3 is 0 Å². The fourth-order valence-corrected chi connectivity index (χ4v) is 4.72. The molecule has 0 radical (unpaired) electrons. The Morgan fingerprint density at radius 3 is 2.48 bits per heavy atom. The van der Waals surface area contributed by atoms with Crippen molar-refractivity contribution < 1.29 is 14.3 Å².